The number of carbonyl (C=O) groups excluding carboxylic acids is 1. The van der Waals surface area contributed by atoms with E-state index in [2.05, 4.69) is 20.9 Å². The number of carbonyl (C=O) groups is 1. The van der Waals surface area contributed by atoms with Crippen LogP contribution < -0.4 is 33.2 Å². The Balaban J connectivity index is 4.35. The number of nitrogens with two attached hydrogens (primary N) is 3. The van der Waals surface area contributed by atoms with Gasteiger partial charge in [-0.15, -0.1) is 0 Å². The van der Waals surface area contributed by atoms with Gasteiger partial charge in [0, 0.05) is 6.67 Å². The first-order valence-corrected chi connectivity index (χ1v) is 10.2. The first-order valence-electron chi connectivity index (χ1n) is 10.2. The maximum atomic E-state index is 12.5. The van der Waals surface area contributed by atoms with Crippen molar-refractivity contribution in [2.24, 2.45) is 17.2 Å². The monoisotopic (exact) mass is 388 g/mol. The highest BCUT2D eigenvalue weighted by molar-refractivity contribution is 5.81. The quantitative estimate of drug-likeness (QED) is 0.113. The van der Waals surface area contributed by atoms with Crippen molar-refractivity contribution in [1.29, 1.82) is 0 Å². The normalized spacial score (nSPS) is 12.7. The summed E-state index contributed by atoms with van der Waals surface area (Å²) >= 11 is 0. The number of nitrogens with zero attached hydrogens (tertiary/aromatic N) is 2. The van der Waals surface area contributed by atoms with E-state index in [0.717, 1.165) is 65.0 Å². The average Bonchev–Trinajstić information content (AvgIpc) is 2.65. The fraction of sp³-hybridized carbons (Fsp3) is 0.944. The lowest BCUT2D eigenvalue weighted by Gasteiger charge is -2.24. The Bertz CT molecular complexity index is 335. The van der Waals surface area contributed by atoms with E-state index in [-0.39, 0.29) is 11.9 Å². The van der Waals surface area contributed by atoms with Gasteiger partial charge in [0.15, 0.2) is 0 Å². The first kappa shape index (κ1) is 26.2. The summed E-state index contributed by atoms with van der Waals surface area (Å²) in [5.41, 5.74) is 16.8. The third-order valence-electron chi connectivity index (χ3n) is 4.23. The predicted octanol–water partition coefficient (Wildman–Crippen LogP) is -1.74. The van der Waals surface area contributed by atoms with Crippen molar-refractivity contribution < 1.29 is 4.79 Å². The molecule has 162 valence electrons. The second-order valence-corrected chi connectivity index (χ2v) is 7.12. The van der Waals surface area contributed by atoms with Gasteiger partial charge in [0.2, 0.25) is 5.91 Å². The molecule has 0 rings (SSSR count). The summed E-state index contributed by atoms with van der Waals surface area (Å²) in [6.07, 6.45) is 4.59. The Labute approximate surface area is 165 Å². The number of hydrogen-bond acceptors (Lipinski definition) is 8. The molecule has 1 amide bonds. The fourth-order valence-corrected chi connectivity index (χ4v) is 2.74. The van der Waals surface area contributed by atoms with Gasteiger partial charge in [0.25, 0.3) is 0 Å². The lowest BCUT2D eigenvalue weighted by molar-refractivity contribution is -0.123. The molecule has 9 heteroatoms. The molecule has 9 N–H and O–H groups in total. The van der Waals surface area contributed by atoms with Gasteiger partial charge in [-0.05, 0) is 92.0 Å². The van der Waals surface area contributed by atoms with Crippen molar-refractivity contribution >= 4 is 5.91 Å². The van der Waals surface area contributed by atoms with Crippen molar-refractivity contribution in [3.63, 3.8) is 0 Å². The van der Waals surface area contributed by atoms with E-state index in [1.165, 1.54) is 0 Å². The van der Waals surface area contributed by atoms with Crippen LogP contribution >= 0.6 is 0 Å². The van der Waals surface area contributed by atoms with Gasteiger partial charge in [0.1, 0.15) is 0 Å². The van der Waals surface area contributed by atoms with Gasteiger partial charge < -0.3 is 32.7 Å². The number of amides is 1. The SMILES string of the molecule is CN(C)CNCNC(=O)C(CCCN(CCCN)CCCN)NCCCN. The van der Waals surface area contributed by atoms with Crippen LogP contribution in [0.25, 0.3) is 0 Å². The Morgan fingerprint density at radius 2 is 1.52 bits per heavy atom. The molecule has 27 heavy (non-hydrogen) atoms. The van der Waals surface area contributed by atoms with Gasteiger partial charge in [-0.2, -0.15) is 0 Å². The van der Waals surface area contributed by atoms with Crippen molar-refractivity contribution in [3.8, 4) is 0 Å². The number of hydrogen-bond donors (Lipinski definition) is 6. The fourth-order valence-electron chi connectivity index (χ4n) is 2.74. The standard InChI is InChI=1S/C18H44N8O/c1-25(2)16-22-15-24-18(27)17(23-11-4-8-19)7-3-12-26(13-5-9-20)14-6-10-21/h17,22-23H,3-16,19-21H2,1-2H3,(H,24,27). The van der Waals surface area contributed by atoms with E-state index in [1.807, 2.05) is 19.0 Å². The average molecular weight is 389 g/mol. The van der Waals surface area contributed by atoms with E-state index in [9.17, 15) is 4.79 Å². The molecule has 0 fully saturated rings. The molecule has 0 bridgehead atoms. The molecule has 0 aromatic heterocycles. The van der Waals surface area contributed by atoms with E-state index in [4.69, 9.17) is 17.2 Å². The molecule has 0 aliphatic heterocycles. The third-order valence-corrected chi connectivity index (χ3v) is 4.23. The van der Waals surface area contributed by atoms with Crippen LogP contribution in [0.15, 0.2) is 0 Å². The van der Waals surface area contributed by atoms with Crippen LogP contribution in [-0.2, 0) is 4.79 Å². The summed E-state index contributed by atoms with van der Waals surface area (Å²) in [5, 5.41) is 9.47. The molecule has 0 aromatic carbocycles. The molecule has 0 aliphatic rings. The zero-order chi connectivity index (χ0) is 20.3. The maximum Gasteiger partial charge on any atom is 0.238 e. The topological polar surface area (TPSA) is 138 Å². The molecular formula is C18H44N8O. The van der Waals surface area contributed by atoms with Crippen LogP contribution in [0.3, 0.4) is 0 Å². The summed E-state index contributed by atoms with van der Waals surface area (Å²) in [6, 6.07) is -0.191. The molecule has 9 nitrogen and oxygen atoms in total. The molecule has 0 radical (unpaired) electrons. The Kier molecular flexibility index (Phi) is 18.0. The van der Waals surface area contributed by atoms with Crippen molar-refractivity contribution in [1.82, 2.24) is 25.8 Å². The molecule has 0 aliphatic carbocycles. The highest BCUT2D eigenvalue weighted by Gasteiger charge is 2.17. The van der Waals surface area contributed by atoms with Crippen molar-refractivity contribution in [3.05, 3.63) is 0 Å². The highest BCUT2D eigenvalue weighted by atomic mass is 16.2. The minimum atomic E-state index is -0.191. The van der Waals surface area contributed by atoms with Gasteiger partial charge >= 0.3 is 0 Å². The molecule has 0 spiro atoms. The molecule has 1 unspecified atom stereocenters. The van der Waals surface area contributed by atoms with Gasteiger partial charge in [-0.25, -0.2) is 0 Å². The summed E-state index contributed by atoms with van der Waals surface area (Å²) in [7, 11) is 3.96. The van der Waals surface area contributed by atoms with Crippen molar-refractivity contribution in [2.45, 2.75) is 38.1 Å². The van der Waals surface area contributed by atoms with Crippen LogP contribution in [-0.4, -0.2) is 95.0 Å². The molecule has 0 heterocycles. The Morgan fingerprint density at radius 3 is 2.07 bits per heavy atom. The number of rotatable bonds is 19. The Morgan fingerprint density at radius 1 is 0.926 bits per heavy atom. The zero-order valence-corrected chi connectivity index (χ0v) is 17.5. The summed E-state index contributed by atoms with van der Waals surface area (Å²) < 4.78 is 0. The largest absolute Gasteiger partial charge is 0.342 e. The van der Waals surface area contributed by atoms with E-state index in [1.54, 1.807) is 0 Å². The molecule has 0 aromatic rings. The van der Waals surface area contributed by atoms with Crippen LogP contribution in [0.4, 0.5) is 0 Å². The van der Waals surface area contributed by atoms with Gasteiger partial charge in [0.05, 0.1) is 12.7 Å². The molecule has 0 saturated heterocycles. The second-order valence-electron chi connectivity index (χ2n) is 7.12. The van der Waals surface area contributed by atoms with Crippen LogP contribution in [0.1, 0.15) is 32.1 Å². The first-order chi connectivity index (χ1) is 13.0. The Hall–Kier alpha value is -0.810. The van der Waals surface area contributed by atoms with Crippen LogP contribution in [0.5, 0.6) is 0 Å². The maximum absolute atomic E-state index is 12.5. The minimum Gasteiger partial charge on any atom is -0.342 e. The number of nitrogens with one attached hydrogen (secondary N) is 3. The molecule has 1 atom stereocenters. The minimum absolute atomic E-state index is 0.0359. The molecule has 0 saturated carbocycles. The second kappa shape index (κ2) is 18.5. The lowest BCUT2D eigenvalue weighted by Crippen LogP contribution is -2.48. The molecular weight excluding hydrogens is 344 g/mol. The summed E-state index contributed by atoms with van der Waals surface area (Å²) in [5.74, 6) is 0.0359. The smallest absolute Gasteiger partial charge is 0.238 e. The van der Waals surface area contributed by atoms with Crippen LogP contribution in [0.2, 0.25) is 0 Å². The lowest BCUT2D eigenvalue weighted by atomic mass is 10.1. The van der Waals surface area contributed by atoms with Crippen LogP contribution in [0, 0.1) is 0 Å². The van der Waals surface area contributed by atoms with Gasteiger partial charge in [-0.3, -0.25) is 15.0 Å². The van der Waals surface area contributed by atoms with E-state index in [0.29, 0.717) is 26.3 Å². The zero-order valence-electron chi connectivity index (χ0n) is 17.5. The van der Waals surface area contributed by atoms with Crippen molar-refractivity contribution in [2.75, 3.05) is 73.2 Å². The highest BCUT2D eigenvalue weighted by Crippen LogP contribution is 2.03. The van der Waals surface area contributed by atoms with E-state index < -0.39 is 0 Å². The third kappa shape index (κ3) is 15.9. The van der Waals surface area contributed by atoms with E-state index >= 15 is 0 Å². The summed E-state index contributed by atoms with van der Waals surface area (Å²) in [4.78, 5) is 16.9. The summed E-state index contributed by atoms with van der Waals surface area (Å²) in [6.45, 7) is 6.90. The predicted molar refractivity (Wildman–Crippen MR) is 113 cm³/mol. The van der Waals surface area contributed by atoms with Gasteiger partial charge in [-0.1, -0.05) is 0 Å².